The van der Waals surface area contributed by atoms with E-state index in [4.69, 9.17) is 10.0 Å². The molecular formula is C11H13BO2. The zero-order chi connectivity index (χ0) is 10.4. The summed E-state index contributed by atoms with van der Waals surface area (Å²) in [4.78, 5) is 0. The Hall–Kier alpha value is -1.24. The number of rotatable bonds is 2. The molecule has 0 radical (unpaired) electrons. The number of unbranched alkanes of at least 4 members (excludes halogenated alkanes) is 1. The summed E-state index contributed by atoms with van der Waals surface area (Å²) < 4.78 is 0. The summed E-state index contributed by atoms with van der Waals surface area (Å²) in [6.45, 7) is 2.06. The molecule has 72 valence electrons. The van der Waals surface area contributed by atoms with Crippen LogP contribution in [0.3, 0.4) is 0 Å². The first-order chi connectivity index (χ1) is 6.75. The molecule has 1 rings (SSSR count). The highest BCUT2D eigenvalue weighted by Crippen LogP contribution is 1.95. The Labute approximate surface area is 84.7 Å². The fraction of sp³-hybridized carbons (Fsp3) is 0.273. The van der Waals surface area contributed by atoms with E-state index in [1.54, 1.807) is 18.2 Å². The van der Waals surface area contributed by atoms with Crippen molar-refractivity contribution in [1.29, 1.82) is 0 Å². The van der Waals surface area contributed by atoms with Crippen molar-refractivity contribution < 1.29 is 10.0 Å². The Balaban J connectivity index is 2.92. The van der Waals surface area contributed by atoms with Crippen LogP contribution in [0, 0.1) is 11.8 Å². The molecule has 1 aromatic rings. The van der Waals surface area contributed by atoms with Gasteiger partial charge in [-0.3, -0.25) is 0 Å². The highest BCUT2D eigenvalue weighted by molar-refractivity contribution is 6.59. The van der Waals surface area contributed by atoms with E-state index >= 15 is 0 Å². The Morgan fingerprint density at radius 3 is 2.64 bits per heavy atom. The average molecular weight is 188 g/mol. The van der Waals surface area contributed by atoms with Gasteiger partial charge in [0.05, 0.1) is 0 Å². The zero-order valence-electron chi connectivity index (χ0n) is 8.20. The molecule has 0 bridgehead atoms. The van der Waals surface area contributed by atoms with Crippen molar-refractivity contribution >= 4 is 12.6 Å². The van der Waals surface area contributed by atoms with E-state index < -0.39 is 7.12 Å². The lowest BCUT2D eigenvalue weighted by Crippen LogP contribution is -2.32. The fourth-order valence-electron chi connectivity index (χ4n) is 1.12. The lowest BCUT2D eigenvalue weighted by atomic mass is 9.77. The molecule has 2 N–H and O–H groups in total. The van der Waals surface area contributed by atoms with Gasteiger partial charge in [-0.25, -0.2) is 0 Å². The van der Waals surface area contributed by atoms with Crippen molar-refractivity contribution in [2.24, 2.45) is 0 Å². The van der Waals surface area contributed by atoms with E-state index in [-0.39, 0.29) is 0 Å². The summed E-state index contributed by atoms with van der Waals surface area (Å²) >= 11 is 0. The monoisotopic (exact) mass is 188 g/mol. The quantitative estimate of drug-likeness (QED) is 0.524. The third kappa shape index (κ3) is 2.92. The van der Waals surface area contributed by atoms with Gasteiger partial charge in [0.15, 0.2) is 0 Å². The van der Waals surface area contributed by atoms with E-state index in [1.165, 1.54) is 0 Å². The average Bonchev–Trinajstić information content (AvgIpc) is 2.19. The third-order valence-corrected chi connectivity index (χ3v) is 1.84. The Morgan fingerprint density at radius 2 is 2.00 bits per heavy atom. The fourth-order valence-corrected chi connectivity index (χ4v) is 1.12. The summed E-state index contributed by atoms with van der Waals surface area (Å²) in [5.41, 5.74) is 1.16. The van der Waals surface area contributed by atoms with Crippen molar-refractivity contribution in [1.82, 2.24) is 0 Å². The summed E-state index contributed by atoms with van der Waals surface area (Å²) in [6, 6.07) is 7.06. The molecule has 0 fully saturated rings. The molecule has 0 aliphatic carbocycles. The molecule has 0 aromatic heterocycles. The minimum Gasteiger partial charge on any atom is -0.423 e. The third-order valence-electron chi connectivity index (χ3n) is 1.84. The van der Waals surface area contributed by atoms with Gasteiger partial charge >= 0.3 is 7.12 Å². The first-order valence-electron chi connectivity index (χ1n) is 4.69. The van der Waals surface area contributed by atoms with Crippen molar-refractivity contribution in [3.8, 4) is 11.8 Å². The molecule has 1 aromatic carbocycles. The SMILES string of the molecule is CCCC#Cc1ccccc1B(O)O. The predicted octanol–water partition coefficient (Wildman–Crippen LogP) is 0.518. The summed E-state index contributed by atoms with van der Waals surface area (Å²) in [6.07, 6.45) is 1.84. The predicted molar refractivity (Wildman–Crippen MR) is 58.1 cm³/mol. The zero-order valence-corrected chi connectivity index (χ0v) is 8.20. The molecule has 0 heterocycles. The first kappa shape index (κ1) is 10.8. The Morgan fingerprint density at radius 1 is 1.29 bits per heavy atom. The maximum atomic E-state index is 9.05. The van der Waals surface area contributed by atoms with Gasteiger partial charge in [-0.1, -0.05) is 37.0 Å². The van der Waals surface area contributed by atoms with Gasteiger partial charge in [0, 0.05) is 12.0 Å². The van der Waals surface area contributed by atoms with Gasteiger partial charge in [-0.15, -0.1) is 0 Å². The molecule has 0 saturated carbocycles. The molecule has 0 saturated heterocycles. The number of hydrogen-bond donors (Lipinski definition) is 2. The first-order valence-corrected chi connectivity index (χ1v) is 4.69. The van der Waals surface area contributed by atoms with Crippen LogP contribution < -0.4 is 5.46 Å². The topological polar surface area (TPSA) is 40.5 Å². The van der Waals surface area contributed by atoms with Crippen LogP contribution in [0.2, 0.25) is 0 Å². The van der Waals surface area contributed by atoms with Crippen molar-refractivity contribution in [2.75, 3.05) is 0 Å². The van der Waals surface area contributed by atoms with Crippen LogP contribution in [0.25, 0.3) is 0 Å². The standard InChI is InChI=1S/C11H13BO2/c1-2-3-4-7-10-8-5-6-9-11(10)12(13)14/h5-6,8-9,13-14H,2-3H2,1H3. The molecule has 0 atom stereocenters. The Kier molecular flexibility index (Phi) is 4.25. The van der Waals surface area contributed by atoms with E-state index in [9.17, 15) is 0 Å². The molecule has 0 aliphatic rings. The summed E-state index contributed by atoms with van der Waals surface area (Å²) in [5, 5.41) is 18.1. The number of hydrogen-bond acceptors (Lipinski definition) is 2. The van der Waals surface area contributed by atoms with Crippen LogP contribution in [-0.4, -0.2) is 17.2 Å². The molecule has 14 heavy (non-hydrogen) atoms. The van der Waals surface area contributed by atoms with Crippen LogP contribution in [0.4, 0.5) is 0 Å². The Bertz CT molecular complexity index is 350. The molecule has 3 heteroatoms. The second kappa shape index (κ2) is 5.49. The van der Waals surface area contributed by atoms with Crippen LogP contribution in [0.5, 0.6) is 0 Å². The van der Waals surface area contributed by atoms with Crippen molar-refractivity contribution in [3.63, 3.8) is 0 Å². The largest absolute Gasteiger partial charge is 0.489 e. The maximum Gasteiger partial charge on any atom is 0.489 e. The molecular weight excluding hydrogens is 175 g/mol. The van der Waals surface area contributed by atoms with E-state index in [0.717, 1.165) is 12.8 Å². The molecule has 0 amide bonds. The molecule has 0 aliphatic heterocycles. The lowest BCUT2D eigenvalue weighted by molar-refractivity contribution is 0.425. The van der Waals surface area contributed by atoms with Crippen molar-refractivity contribution in [2.45, 2.75) is 19.8 Å². The van der Waals surface area contributed by atoms with Gasteiger partial charge in [-0.05, 0) is 17.9 Å². The minimum atomic E-state index is -1.44. The van der Waals surface area contributed by atoms with Gasteiger partial charge < -0.3 is 10.0 Å². The van der Waals surface area contributed by atoms with Crippen molar-refractivity contribution in [3.05, 3.63) is 29.8 Å². The molecule has 2 nitrogen and oxygen atoms in total. The minimum absolute atomic E-state index is 0.469. The van der Waals surface area contributed by atoms with Crippen LogP contribution in [-0.2, 0) is 0 Å². The smallest absolute Gasteiger partial charge is 0.423 e. The second-order valence-electron chi connectivity index (χ2n) is 3.01. The highest BCUT2D eigenvalue weighted by atomic mass is 16.4. The van der Waals surface area contributed by atoms with Gasteiger partial charge in [0.25, 0.3) is 0 Å². The van der Waals surface area contributed by atoms with Crippen LogP contribution >= 0.6 is 0 Å². The van der Waals surface area contributed by atoms with Crippen LogP contribution in [0.1, 0.15) is 25.3 Å². The molecule has 0 spiro atoms. The van der Waals surface area contributed by atoms with E-state index in [2.05, 4.69) is 18.8 Å². The number of benzene rings is 1. The van der Waals surface area contributed by atoms with Gasteiger partial charge in [-0.2, -0.15) is 0 Å². The van der Waals surface area contributed by atoms with E-state index in [1.807, 2.05) is 6.07 Å². The van der Waals surface area contributed by atoms with Gasteiger partial charge in [0.2, 0.25) is 0 Å². The second-order valence-corrected chi connectivity index (χ2v) is 3.01. The maximum absolute atomic E-state index is 9.05. The lowest BCUT2D eigenvalue weighted by Gasteiger charge is -2.01. The summed E-state index contributed by atoms with van der Waals surface area (Å²) in [7, 11) is -1.44. The molecule has 0 unspecified atom stereocenters. The van der Waals surface area contributed by atoms with E-state index in [0.29, 0.717) is 11.0 Å². The normalized spacial score (nSPS) is 9.07. The van der Waals surface area contributed by atoms with Crippen LogP contribution in [0.15, 0.2) is 24.3 Å². The van der Waals surface area contributed by atoms with Gasteiger partial charge in [0.1, 0.15) is 0 Å². The summed E-state index contributed by atoms with van der Waals surface area (Å²) in [5.74, 6) is 5.90. The highest BCUT2D eigenvalue weighted by Gasteiger charge is 2.13.